The van der Waals surface area contributed by atoms with Gasteiger partial charge in [-0.3, -0.25) is 0 Å². The van der Waals surface area contributed by atoms with Crippen molar-refractivity contribution in [1.82, 2.24) is 9.97 Å². The first-order valence-corrected chi connectivity index (χ1v) is 6.23. The molecule has 18 heavy (non-hydrogen) atoms. The van der Waals surface area contributed by atoms with Crippen LogP contribution in [0, 0.1) is 6.92 Å². The third-order valence-electron chi connectivity index (χ3n) is 2.67. The van der Waals surface area contributed by atoms with E-state index in [1.54, 1.807) is 7.11 Å². The lowest BCUT2D eigenvalue weighted by Gasteiger charge is -2.19. The summed E-state index contributed by atoms with van der Waals surface area (Å²) >= 11 is 0. The van der Waals surface area contributed by atoms with Gasteiger partial charge in [-0.1, -0.05) is 20.8 Å². The smallest absolute Gasteiger partial charge is 0.138 e. The van der Waals surface area contributed by atoms with Crippen LogP contribution in [0.1, 0.15) is 38.6 Å². The van der Waals surface area contributed by atoms with Crippen LogP contribution in [0.25, 0.3) is 0 Å². The third kappa shape index (κ3) is 3.84. The minimum absolute atomic E-state index is 0.106. The molecular formula is C13H24N4O. The SMILES string of the molecule is COCCCNc1nc(C(C)(C)C)nc(N)c1C. The van der Waals surface area contributed by atoms with Gasteiger partial charge in [0.25, 0.3) is 0 Å². The Balaban J connectivity index is 2.86. The van der Waals surface area contributed by atoms with E-state index in [2.05, 4.69) is 36.1 Å². The number of nitrogens with one attached hydrogen (secondary N) is 1. The minimum atomic E-state index is -0.106. The molecule has 0 saturated carbocycles. The highest BCUT2D eigenvalue weighted by atomic mass is 16.5. The van der Waals surface area contributed by atoms with Crippen LogP contribution in [-0.4, -0.2) is 30.2 Å². The molecular weight excluding hydrogens is 228 g/mol. The number of anilines is 2. The molecule has 0 spiro atoms. The highest BCUT2D eigenvalue weighted by Crippen LogP contribution is 2.24. The van der Waals surface area contributed by atoms with Crippen LogP contribution in [0.2, 0.25) is 0 Å². The zero-order chi connectivity index (χ0) is 13.8. The van der Waals surface area contributed by atoms with Gasteiger partial charge < -0.3 is 15.8 Å². The molecule has 1 aromatic rings. The molecule has 0 unspecified atom stereocenters. The van der Waals surface area contributed by atoms with Crippen LogP contribution >= 0.6 is 0 Å². The Labute approximate surface area is 109 Å². The Morgan fingerprint density at radius 2 is 1.94 bits per heavy atom. The fraction of sp³-hybridized carbons (Fsp3) is 0.692. The number of ether oxygens (including phenoxy) is 1. The average molecular weight is 252 g/mol. The summed E-state index contributed by atoms with van der Waals surface area (Å²) < 4.78 is 5.01. The Morgan fingerprint density at radius 3 is 2.50 bits per heavy atom. The highest BCUT2D eigenvalue weighted by Gasteiger charge is 2.20. The van der Waals surface area contributed by atoms with Gasteiger partial charge in [-0.05, 0) is 13.3 Å². The molecule has 0 aliphatic rings. The van der Waals surface area contributed by atoms with Crippen molar-refractivity contribution in [2.75, 3.05) is 31.3 Å². The molecule has 0 aliphatic carbocycles. The molecule has 0 aliphatic heterocycles. The number of hydrogen-bond donors (Lipinski definition) is 2. The Bertz CT molecular complexity index is 399. The summed E-state index contributed by atoms with van der Waals surface area (Å²) in [6, 6.07) is 0. The van der Waals surface area contributed by atoms with E-state index in [0.29, 0.717) is 5.82 Å². The molecule has 1 rings (SSSR count). The maximum atomic E-state index is 5.93. The molecule has 0 radical (unpaired) electrons. The van der Waals surface area contributed by atoms with Gasteiger partial charge in [0.2, 0.25) is 0 Å². The summed E-state index contributed by atoms with van der Waals surface area (Å²) in [7, 11) is 1.70. The second-order valence-electron chi connectivity index (χ2n) is 5.43. The van der Waals surface area contributed by atoms with Crippen LogP contribution in [-0.2, 0) is 10.2 Å². The van der Waals surface area contributed by atoms with E-state index in [1.165, 1.54) is 0 Å². The normalized spacial score (nSPS) is 11.6. The maximum Gasteiger partial charge on any atom is 0.138 e. The molecule has 0 aromatic carbocycles. The molecule has 0 saturated heterocycles. The lowest BCUT2D eigenvalue weighted by Crippen LogP contribution is -2.20. The fourth-order valence-corrected chi connectivity index (χ4v) is 1.46. The second-order valence-corrected chi connectivity index (χ2v) is 5.43. The zero-order valence-corrected chi connectivity index (χ0v) is 12.0. The monoisotopic (exact) mass is 252 g/mol. The lowest BCUT2D eigenvalue weighted by molar-refractivity contribution is 0.197. The van der Waals surface area contributed by atoms with Crippen molar-refractivity contribution < 1.29 is 4.74 Å². The largest absolute Gasteiger partial charge is 0.385 e. The van der Waals surface area contributed by atoms with Crippen molar-refractivity contribution in [2.24, 2.45) is 0 Å². The van der Waals surface area contributed by atoms with Crippen molar-refractivity contribution in [3.8, 4) is 0 Å². The zero-order valence-electron chi connectivity index (χ0n) is 12.0. The predicted molar refractivity (Wildman–Crippen MR) is 74.9 cm³/mol. The molecule has 102 valence electrons. The summed E-state index contributed by atoms with van der Waals surface area (Å²) in [6.07, 6.45) is 0.935. The quantitative estimate of drug-likeness (QED) is 0.785. The summed E-state index contributed by atoms with van der Waals surface area (Å²) in [5.41, 5.74) is 6.73. The molecule has 0 bridgehead atoms. The number of rotatable bonds is 5. The van der Waals surface area contributed by atoms with Gasteiger partial charge >= 0.3 is 0 Å². The summed E-state index contributed by atoms with van der Waals surface area (Å²) in [6.45, 7) is 9.71. The minimum Gasteiger partial charge on any atom is -0.385 e. The van der Waals surface area contributed by atoms with E-state index < -0.39 is 0 Å². The number of methoxy groups -OCH3 is 1. The van der Waals surface area contributed by atoms with Gasteiger partial charge in [0, 0.05) is 31.2 Å². The van der Waals surface area contributed by atoms with E-state index in [1.807, 2.05) is 6.92 Å². The Morgan fingerprint density at radius 1 is 1.28 bits per heavy atom. The summed E-state index contributed by atoms with van der Waals surface area (Å²) in [5.74, 6) is 2.13. The van der Waals surface area contributed by atoms with E-state index in [9.17, 15) is 0 Å². The van der Waals surface area contributed by atoms with Crippen molar-refractivity contribution in [1.29, 1.82) is 0 Å². The molecule has 5 nitrogen and oxygen atoms in total. The van der Waals surface area contributed by atoms with Gasteiger partial charge in [0.1, 0.15) is 17.5 Å². The van der Waals surface area contributed by atoms with Crippen LogP contribution in [0.5, 0.6) is 0 Å². The molecule has 5 heteroatoms. The first-order valence-electron chi connectivity index (χ1n) is 6.23. The number of nitrogen functional groups attached to an aromatic ring is 1. The Kier molecular flexibility index (Phi) is 4.90. The van der Waals surface area contributed by atoms with Crippen LogP contribution in [0.4, 0.5) is 11.6 Å². The van der Waals surface area contributed by atoms with E-state index in [4.69, 9.17) is 10.5 Å². The molecule has 0 atom stereocenters. The van der Waals surface area contributed by atoms with Crippen molar-refractivity contribution in [2.45, 2.75) is 39.5 Å². The molecule has 1 heterocycles. The third-order valence-corrected chi connectivity index (χ3v) is 2.67. The first kappa shape index (κ1) is 14.7. The average Bonchev–Trinajstić information content (AvgIpc) is 2.28. The van der Waals surface area contributed by atoms with Crippen LogP contribution in [0.15, 0.2) is 0 Å². The standard InChI is InChI=1S/C13H24N4O/c1-9-10(14)16-12(13(2,3)4)17-11(9)15-7-6-8-18-5/h6-8H2,1-5H3,(H3,14,15,16,17). The Hall–Kier alpha value is -1.36. The molecule has 0 fully saturated rings. The molecule has 0 amide bonds. The van der Waals surface area contributed by atoms with Crippen LogP contribution < -0.4 is 11.1 Å². The number of nitrogens with zero attached hydrogens (tertiary/aromatic N) is 2. The predicted octanol–water partition coefficient (Wildman–Crippen LogP) is 2.11. The number of aromatic nitrogens is 2. The maximum absolute atomic E-state index is 5.93. The van der Waals surface area contributed by atoms with Crippen LogP contribution in [0.3, 0.4) is 0 Å². The van der Waals surface area contributed by atoms with Gasteiger partial charge in [0.15, 0.2) is 0 Å². The summed E-state index contributed by atoms with van der Waals surface area (Å²) in [5, 5.41) is 3.29. The number of hydrogen-bond acceptors (Lipinski definition) is 5. The topological polar surface area (TPSA) is 73.1 Å². The van der Waals surface area contributed by atoms with Crippen molar-refractivity contribution in [3.63, 3.8) is 0 Å². The second kappa shape index (κ2) is 6.00. The van der Waals surface area contributed by atoms with Gasteiger partial charge in [0.05, 0.1) is 0 Å². The summed E-state index contributed by atoms with van der Waals surface area (Å²) in [4.78, 5) is 8.91. The van der Waals surface area contributed by atoms with Gasteiger partial charge in [-0.2, -0.15) is 0 Å². The van der Waals surface area contributed by atoms with E-state index in [-0.39, 0.29) is 5.41 Å². The first-order chi connectivity index (χ1) is 8.36. The van der Waals surface area contributed by atoms with E-state index in [0.717, 1.165) is 36.8 Å². The highest BCUT2D eigenvalue weighted by molar-refractivity contribution is 5.55. The van der Waals surface area contributed by atoms with Crippen molar-refractivity contribution >= 4 is 11.6 Å². The van der Waals surface area contributed by atoms with Crippen molar-refractivity contribution in [3.05, 3.63) is 11.4 Å². The lowest BCUT2D eigenvalue weighted by atomic mass is 9.95. The fourth-order valence-electron chi connectivity index (χ4n) is 1.46. The van der Waals surface area contributed by atoms with E-state index >= 15 is 0 Å². The molecule has 1 aromatic heterocycles. The van der Waals surface area contributed by atoms with Gasteiger partial charge in [-0.15, -0.1) is 0 Å². The number of nitrogens with two attached hydrogens (primary N) is 1. The van der Waals surface area contributed by atoms with Gasteiger partial charge in [-0.25, -0.2) is 9.97 Å². The molecule has 3 N–H and O–H groups in total.